The first-order valence-electron chi connectivity index (χ1n) is 16.4. The molecule has 0 unspecified atom stereocenters. The number of carbonyl (C=O) groups is 2. The summed E-state index contributed by atoms with van der Waals surface area (Å²) in [5.41, 5.74) is 2.21. The number of para-hydroxylation sites is 1. The average molecular weight is 681 g/mol. The van der Waals surface area contributed by atoms with E-state index in [0.717, 1.165) is 18.4 Å². The molecule has 3 N–H and O–H groups in total. The van der Waals surface area contributed by atoms with Gasteiger partial charge in [0, 0.05) is 44.0 Å². The molecule has 11 nitrogen and oxygen atoms in total. The molecule has 0 aromatic heterocycles. The Morgan fingerprint density at radius 3 is 2.40 bits per heavy atom. The minimum Gasteiger partial charge on any atom is -0.490 e. The van der Waals surface area contributed by atoms with Crippen LogP contribution in [0, 0.1) is 12.8 Å². The van der Waals surface area contributed by atoms with Crippen molar-refractivity contribution in [2.75, 3.05) is 44.0 Å². The predicted octanol–water partition coefficient (Wildman–Crippen LogP) is 5.76. The molecule has 0 bridgehead atoms. The molecule has 0 radical (unpaired) electrons. The molecule has 1 aliphatic heterocycles. The summed E-state index contributed by atoms with van der Waals surface area (Å²) in [6.07, 6.45) is 1.49. The van der Waals surface area contributed by atoms with Gasteiger partial charge < -0.3 is 30.1 Å². The third kappa shape index (κ3) is 9.79. The number of nitrogens with one attached hydrogen (secondary N) is 2. The lowest BCUT2D eigenvalue weighted by Gasteiger charge is -2.35. The van der Waals surface area contributed by atoms with Crippen LogP contribution in [-0.4, -0.2) is 86.3 Å². The first kappa shape index (κ1) is 36.9. The number of urea groups is 1. The lowest BCUT2D eigenvalue weighted by molar-refractivity contribution is -0.00833. The molecule has 4 rings (SSSR count). The van der Waals surface area contributed by atoms with Gasteiger partial charge in [-0.1, -0.05) is 42.8 Å². The third-order valence-corrected chi connectivity index (χ3v) is 10.3. The maximum absolute atomic E-state index is 14.3. The van der Waals surface area contributed by atoms with Crippen LogP contribution in [0.4, 0.5) is 16.2 Å². The van der Waals surface area contributed by atoms with Crippen LogP contribution in [0.2, 0.25) is 0 Å². The second kappa shape index (κ2) is 16.9. The quantitative estimate of drug-likeness (QED) is 0.275. The van der Waals surface area contributed by atoms with Crippen LogP contribution in [0.1, 0.15) is 56.0 Å². The number of hydrogen-bond acceptors (Lipinski definition) is 7. The minimum atomic E-state index is -3.79. The van der Waals surface area contributed by atoms with E-state index in [2.05, 4.69) is 10.6 Å². The van der Waals surface area contributed by atoms with Crippen LogP contribution in [0.5, 0.6) is 5.75 Å². The van der Waals surface area contributed by atoms with E-state index in [1.54, 1.807) is 66.4 Å². The number of aliphatic hydroxyl groups is 1. The molecule has 48 heavy (non-hydrogen) atoms. The number of carbonyl (C=O) groups excluding carboxylic acids is 2. The smallest absolute Gasteiger partial charge is 0.323 e. The van der Waals surface area contributed by atoms with Gasteiger partial charge in [0.1, 0.15) is 5.75 Å². The zero-order valence-corrected chi connectivity index (χ0v) is 29.2. The highest BCUT2D eigenvalue weighted by atomic mass is 32.2. The number of likely N-dealkylation sites (N-methyl/N-ethyl adjacent to an activating group) is 1. The Morgan fingerprint density at radius 1 is 1.02 bits per heavy atom. The van der Waals surface area contributed by atoms with Gasteiger partial charge in [0.25, 0.3) is 5.91 Å². The summed E-state index contributed by atoms with van der Waals surface area (Å²) in [7, 11) is -2.25. The van der Waals surface area contributed by atoms with Crippen molar-refractivity contribution in [1.29, 1.82) is 0 Å². The number of anilines is 2. The summed E-state index contributed by atoms with van der Waals surface area (Å²) in [4.78, 5) is 28.9. The maximum Gasteiger partial charge on any atom is 0.323 e. The molecule has 3 aromatic carbocycles. The monoisotopic (exact) mass is 680 g/mol. The van der Waals surface area contributed by atoms with Crippen molar-refractivity contribution in [3.05, 3.63) is 83.9 Å². The number of rotatable bonds is 8. The Bertz CT molecular complexity index is 1620. The fraction of sp³-hybridized carbons (Fsp3) is 0.444. The Balaban J connectivity index is 1.62. The van der Waals surface area contributed by atoms with Gasteiger partial charge in [-0.3, -0.25) is 4.79 Å². The van der Waals surface area contributed by atoms with Gasteiger partial charge in [0.2, 0.25) is 10.0 Å². The molecule has 3 amide bonds. The Labute approximate surface area is 284 Å². The van der Waals surface area contributed by atoms with E-state index in [1.165, 1.54) is 11.4 Å². The summed E-state index contributed by atoms with van der Waals surface area (Å²) in [5.74, 6) is -0.338. The molecule has 1 aliphatic rings. The first-order chi connectivity index (χ1) is 22.9. The number of fused-ring (bicyclic) bond motifs is 1. The van der Waals surface area contributed by atoms with Gasteiger partial charge in [-0.05, 0) is 82.5 Å². The lowest BCUT2D eigenvalue weighted by Crippen LogP contribution is -2.48. The molecule has 0 aliphatic carbocycles. The van der Waals surface area contributed by atoms with E-state index in [0.29, 0.717) is 30.2 Å². The molecular formula is C36H48N4O7S. The molecule has 1 heterocycles. The van der Waals surface area contributed by atoms with Gasteiger partial charge in [-0.2, -0.15) is 4.31 Å². The lowest BCUT2D eigenvalue weighted by atomic mass is 10.0. The predicted molar refractivity (Wildman–Crippen MR) is 187 cm³/mol. The molecular weight excluding hydrogens is 632 g/mol. The number of aryl methyl sites for hydroxylation is 1. The SMILES string of the molecule is Cc1ccc(S(=O)(=O)N(C)C[C@H]2OCCCC[C@H](C)Oc3ccc(NC(=O)Nc4ccccc4)cc3C(=O)N([C@@H](C)CO)C[C@H]2C)cc1. The standard InChI is InChI=1S/C36H48N4O7S/c1-25-14-17-31(18-15-25)48(44,45)39(5)23-34-26(2)22-40(27(3)24-41)35(42)32-21-30(38-36(43)37-29-12-7-6-8-13-29)16-19-33(32)47-28(4)11-9-10-20-46-34/h6-8,12-19,21,26-28,34,41H,9-11,20,22-24H2,1-5H3,(H2,37,38,43)/t26-,27+,28+,34-/m1/s1. The van der Waals surface area contributed by atoms with Gasteiger partial charge >= 0.3 is 6.03 Å². The van der Waals surface area contributed by atoms with Gasteiger partial charge in [0.05, 0.1) is 35.3 Å². The van der Waals surface area contributed by atoms with Crippen LogP contribution in [0.25, 0.3) is 0 Å². The van der Waals surface area contributed by atoms with Gasteiger partial charge in [-0.15, -0.1) is 0 Å². The van der Waals surface area contributed by atoms with Crippen LogP contribution >= 0.6 is 0 Å². The summed E-state index contributed by atoms with van der Waals surface area (Å²) in [6, 6.07) is 19.6. The highest BCUT2D eigenvalue weighted by molar-refractivity contribution is 7.89. The van der Waals surface area contributed by atoms with E-state index in [1.807, 2.05) is 39.0 Å². The van der Waals surface area contributed by atoms with Crippen molar-refractivity contribution in [2.45, 2.75) is 70.1 Å². The number of benzene rings is 3. The number of nitrogens with zero attached hydrogens (tertiary/aromatic N) is 2. The van der Waals surface area contributed by atoms with Crippen molar-refractivity contribution in [3.8, 4) is 5.75 Å². The van der Waals surface area contributed by atoms with E-state index in [9.17, 15) is 23.1 Å². The molecule has 0 saturated carbocycles. The Morgan fingerprint density at radius 2 is 1.71 bits per heavy atom. The minimum absolute atomic E-state index is 0.0770. The number of sulfonamides is 1. The Hall–Kier alpha value is -3.97. The zero-order chi connectivity index (χ0) is 34.8. The molecule has 260 valence electrons. The van der Waals surface area contributed by atoms with E-state index in [4.69, 9.17) is 9.47 Å². The van der Waals surface area contributed by atoms with Crippen LogP contribution < -0.4 is 15.4 Å². The maximum atomic E-state index is 14.3. The number of amides is 3. The van der Waals surface area contributed by atoms with Crippen molar-refractivity contribution in [3.63, 3.8) is 0 Å². The first-order valence-corrected chi connectivity index (χ1v) is 17.8. The topological polar surface area (TPSA) is 138 Å². The van der Waals surface area contributed by atoms with Crippen LogP contribution in [-0.2, 0) is 14.8 Å². The summed E-state index contributed by atoms with van der Waals surface area (Å²) in [6.45, 7) is 7.87. The molecule has 3 aromatic rings. The largest absolute Gasteiger partial charge is 0.490 e. The van der Waals surface area contributed by atoms with Crippen molar-refractivity contribution in [1.82, 2.24) is 9.21 Å². The van der Waals surface area contributed by atoms with Crippen LogP contribution in [0.3, 0.4) is 0 Å². The normalized spacial score (nSPS) is 20.3. The second-order valence-corrected chi connectivity index (χ2v) is 14.6. The fourth-order valence-electron chi connectivity index (χ4n) is 5.52. The highest BCUT2D eigenvalue weighted by Gasteiger charge is 2.32. The molecule has 0 fully saturated rings. The summed E-state index contributed by atoms with van der Waals surface area (Å²) in [5, 5.41) is 15.8. The fourth-order valence-corrected chi connectivity index (χ4v) is 6.70. The molecule has 0 saturated heterocycles. The Kier molecular flexibility index (Phi) is 13.0. The summed E-state index contributed by atoms with van der Waals surface area (Å²) >= 11 is 0. The van der Waals surface area contributed by atoms with Crippen molar-refractivity contribution < 1.29 is 32.6 Å². The molecule has 4 atom stereocenters. The van der Waals surface area contributed by atoms with Crippen LogP contribution in [0.15, 0.2) is 77.7 Å². The van der Waals surface area contributed by atoms with Crippen molar-refractivity contribution >= 4 is 33.3 Å². The zero-order valence-electron chi connectivity index (χ0n) is 28.4. The van der Waals surface area contributed by atoms with E-state index < -0.39 is 34.1 Å². The van der Waals surface area contributed by atoms with Crippen molar-refractivity contribution in [2.24, 2.45) is 5.92 Å². The number of ether oxygens (including phenoxy) is 2. The number of hydrogen-bond donors (Lipinski definition) is 3. The van der Waals surface area contributed by atoms with Gasteiger partial charge in [0.15, 0.2) is 0 Å². The molecule has 12 heteroatoms. The summed E-state index contributed by atoms with van der Waals surface area (Å²) < 4.78 is 40.8. The highest BCUT2D eigenvalue weighted by Crippen LogP contribution is 2.29. The second-order valence-electron chi connectivity index (χ2n) is 12.6. The number of aliphatic hydroxyl groups excluding tert-OH is 1. The van der Waals surface area contributed by atoms with Gasteiger partial charge in [-0.25, -0.2) is 13.2 Å². The average Bonchev–Trinajstić information content (AvgIpc) is 3.06. The molecule has 0 spiro atoms. The van der Waals surface area contributed by atoms with E-state index in [-0.39, 0.29) is 42.2 Å². The third-order valence-electron chi connectivity index (χ3n) is 8.51. The van der Waals surface area contributed by atoms with E-state index >= 15 is 0 Å².